The molecule has 0 radical (unpaired) electrons. The average molecular weight is 239 g/mol. The third kappa shape index (κ3) is 3.35. The van der Waals surface area contributed by atoms with Crippen molar-refractivity contribution in [1.82, 2.24) is 0 Å². The minimum Gasteiger partial charge on any atom is -0.496 e. The van der Waals surface area contributed by atoms with Crippen LogP contribution in [0.3, 0.4) is 0 Å². The van der Waals surface area contributed by atoms with Crippen molar-refractivity contribution in [2.45, 2.75) is 19.4 Å². The molecule has 1 aromatic carbocycles. The van der Waals surface area contributed by atoms with Gasteiger partial charge in [-0.2, -0.15) is 0 Å². The van der Waals surface area contributed by atoms with E-state index in [4.69, 9.17) is 14.9 Å². The van der Waals surface area contributed by atoms with Gasteiger partial charge in [0.2, 0.25) is 0 Å². The van der Waals surface area contributed by atoms with E-state index in [0.717, 1.165) is 17.7 Å². The minimum atomic E-state index is -1.08. The molecule has 17 heavy (non-hydrogen) atoms. The largest absolute Gasteiger partial charge is 0.496 e. The molecule has 0 aliphatic rings. The Kier molecular flexibility index (Phi) is 4.78. The van der Waals surface area contributed by atoms with Crippen LogP contribution in [0.25, 0.3) is 0 Å². The number of anilines is 1. The molecule has 0 aliphatic carbocycles. The molecule has 0 amide bonds. The van der Waals surface area contributed by atoms with E-state index in [1.807, 2.05) is 13.0 Å². The van der Waals surface area contributed by atoms with E-state index in [0.29, 0.717) is 5.69 Å². The van der Waals surface area contributed by atoms with Crippen LogP contribution in [-0.4, -0.2) is 35.9 Å². The Hall–Kier alpha value is -1.75. The van der Waals surface area contributed by atoms with E-state index >= 15 is 0 Å². The SMILES string of the molecule is CCc1cc(NC(CO)C(=O)O)ccc1OC. The number of aliphatic carboxylic acids is 1. The second-order valence-electron chi connectivity index (χ2n) is 3.60. The number of aliphatic hydroxyl groups is 1. The molecule has 5 nitrogen and oxygen atoms in total. The van der Waals surface area contributed by atoms with Crippen LogP contribution in [0, 0.1) is 0 Å². The van der Waals surface area contributed by atoms with Crippen molar-refractivity contribution in [1.29, 1.82) is 0 Å². The molecular weight excluding hydrogens is 222 g/mol. The van der Waals surface area contributed by atoms with Gasteiger partial charge >= 0.3 is 5.97 Å². The molecule has 0 spiro atoms. The first kappa shape index (κ1) is 13.3. The van der Waals surface area contributed by atoms with Crippen LogP contribution in [0.5, 0.6) is 5.75 Å². The standard InChI is InChI=1S/C12H17NO4/c1-3-8-6-9(4-5-11(8)17-2)13-10(7-14)12(15)16/h4-6,10,13-14H,3,7H2,1-2H3,(H,15,16). The zero-order valence-corrected chi connectivity index (χ0v) is 9.93. The highest BCUT2D eigenvalue weighted by atomic mass is 16.5. The summed E-state index contributed by atoms with van der Waals surface area (Å²) in [5.74, 6) is -0.310. The van der Waals surface area contributed by atoms with Gasteiger partial charge in [0.25, 0.3) is 0 Å². The Balaban J connectivity index is 2.88. The van der Waals surface area contributed by atoms with Crippen molar-refractivity contribution in [3.63, 3.8) is 0 Å². The van der Waals surface area contributed by atoms with Gasteiger partial charge in [-0.05, 0) is 30.2 Å². The van der Waals surface area contributed by atoms with Crippen molar-refractivity contribution >= 4 is 11.7 Å². The van der Waals surface area contributed by atoms with E-state index in [2.05, 4.69) is 5.32 Å². The summed E-state index contributed by atoms with van der Waals surface area (Å²) in [7, 11) is 1.59. The van der Waals surface area contributed by atoms with Crippen molar-refractivity contribution in [2.24, 2.45) is 0 Å². The maximum absolute atomic E-state index is 10.8. The third-order valence-corrected chi connectivity index (χ3v) is 2.48. The van der Waals surface area contributed by atoms with Crippen LogP contribution in [0.15, 0.2) is 18.2 Å². The second kappa shape index (κ2) is 6.10. The van der Waals surface area contributed by atoms with Gasteiger partial charge in [-0.25, -0.2) is 4.79 Å². The molecular formula is C12H17NO4. The lowest BCUT2D eigenvalue weighted by molar-refractivity contribution is -0.138. The van der Waals surface area contributed by atoms with Crippen molar-refractivity contribution < 1.29 is 19.7 Å². The summed E-state index contributed by atoms with van der Waals surface area (Å²) in [6.45, 7) is 1.53. The van der Waals surface area contributed by atoms with Crippen LogP contribution in [-0.2, 0) is 11.2 Å². The van der Waals surface area contributed by atoms with Crippen LogP contribution < -0.4 is 10.1 Å². The highest BCUT2D eigenvalue weighted by molar-refractivity contribution is 5.77. The molecule has 5 heteroatoms. The van der Waals surface area contributed by atoms with E-state index in [1.165, 1.54) is 0 Å². The van der Waals surface area contributed by atoms with Crippen LogP contribution in [0.2, 0.25) is 0 Å². The smallest absolute Gasteiger partial charge is 0.328 e. The number of aliphatic hydroxyl groups excluding tert-OH is 1. The molecule has 0 aromatic heterocycles. The maximum Gasteiger partial charge on any atom is 0.328 e. The fraction of sp³-hybridized carbons (Fsp3) is 0.417. The highest BCUT2D eigenvalue weighted by Crippen LogP contribution is 2.23. The Morgan fingerprint density at radius 2 is 2.24 bits per heavy atom. The molecule has 1 aromatic rings. The highest BCUT2D eigenvalue weighted by Gasteiger charge is 2.16. The fourth-order valence-electron chi connectivity index (χ4n) is 1.53. The number of carbonyl (C=O) groups is 1. The van der Waals surface area contributed by atoms with Crippen LogP contribution in [0.1, 0.15) is 12.5 Å². The van der Waals surface area contributed by atoms with Crippen molar-refractivity contribution in [3.05, 3.63) is 23.8 Å². The number of hydrogen-bond donors (Lipinski definition) is 3. The number of benzene rings is 1. The molecule has 0 saturated heterocycles. The van der Waals surface area contributed by atoms with Gasteiger partial charge in [0, 0.05) is 5.69 Å². The normalized spacial score (nSPS) is 11.9. The first-order valence-electron chi connectivity index (χ1n) is 5.39. The number of nitrogens with one attached hydrogen (secondary N) is 1. The van der Waals surface area contributed by atoms with E-state index in [9.17, 15) is 4.79 Å². The van der Waals surface area contributed by atoms with E-state index in [1.54, 1.807) is 19.2 Å². The number of hydrogen-bond acceptors (Lipinski definition) is 4. The summed E-state index contributed by atoms with van der Waals surface area (Å²) in [4.78, 5) is 10.8. The molecule has 0 fully saturated rings. The Morgan fingerprint density at radius 1 is 1.53 bits per heavy atom. The fourth-order valence-corrected chi connectivity index (χ4v) is 1.53. The number of carboxylic acids is 1. The molecule has 1 unspecified atom stereocenters. The number of aryl methyl sites for hydroxylation is 1. The van der Waals surface area contributed by atoms with E-state index in [-0.39, 0.29) is 0 Å². The summed E-state index contributed by atoms with van der Waals surface area (Å²) in [6, 6.07) is 4.33. The number of rotatable bonds is 6. The topological polar surface area (TPSA) is 78.8 Å². The lowest BCUT2D eigenvalue weighted by Gasteiger charge is -2.15. The monoisotopic (exact) mass is 239 g/mol. The quantitative estimate of drug-likeness (QED) is 0.693. The number of ether oxygens (including phenoxy) is 1. The van der Waals surface area contributed by atoms with Crippen LogP contribution >= 0.6 is 0 Å². The molecule has 0 heterocycles. The summed E-state index contributed by atoms with van der Waals surface area (Å²) in [5, 5.41) is 20.5. The van der Waals surface area contributed by atoms with Gasteiger partial charge < -0.3 is 20.3 Å². The first-order valence-corrected chi connectivity index (χ1v) is 5.39. The zero-order chi connectivity index (χ0) is 12.8. The summed E-state index contributed by atoms with van der Waals surface area (Å²) in [6.07, 6.45) is 0.787. The minimum absolute atomic E-state index is 0.456. The molecule has 1 atom stereocenters. The lowest BCUT2D eigenvalue weighted by Crippen LogP contribution is -2.32. The Labute approximate surface area is 100 Å². The molecule has 3 N–H and O–H groups in total. The average Bonchev–Trinajstić information content (AvgIpc) is 2.35. The predicted octanol–water partition coefficient (Wildman–Crippen LogP) is 1.11. The van der Waals surface area contributed by atoms with Gasteiger partial charge in [0.05, 0.1) is 13.7 Å². The third-order valence-electron chi connectivity index (χ3n) is 2.48. The lowest BCUT2D eigenvalue weighted by atomic mass is 10.1. The van der Waals surface area contributed by atoms with Gasteiger partial charge in [0.1, 0.15) is 11.8 Å². The van der Waals surface area contributed by atoms with Crippen molar-refractivity contribution in [3.8, 4) is 5.75 Å². The summed E-state index contributed by atoms with van der Waals surface area (Å²) < 4.78 is 5.18. The summed E-state index contributed by atoms with van der Waals surface area (Å²) in [5.41, 5.74) is 1.64. The molecule has 1 rings (SSSR count). The maximum atomic E-state index is 10.8. The molecule has 0 bridgehead atoms. The van der Waals surface area contributed by atoms with Gasteiger partial charge in [-0.3, -0.25) is 0 Å². The second-order valence-corrected chi connectivity index (χ2v) is 3.60. The predicted molar refractivity (Wildman–Crippen MR) is 64.5 cm³/mol. The number of carboxylic acid groups (broad SMARTS) is 1. The summed E-state index contributed by atoms with van der Waals surface area (Å²) >= 11 is 0. The number of methoxy groups -OCH3 is 1. The van der Waals surface area contributed by atoms with Gasteiger partial charge in [-0.15, -0.1) is 0 Å². The van der Waals surface area contributed by atoms with Crippen LogP contribution in [0.4, 0.5) is 5.69 Å². The van der Waals surface area contributed by atoms with E-state index < -0.39 is 18.6 Å². The molecule has 94 valence electrons. The van der Waals surface area contributed by atoms with Crippen molar-refractivity contribution in [2.75, 3.05) is 19.0 Å². The van der Waals surface area contributed by atoms with Gasteiger partial charge in [-0.1, -0.05) is 6.92 Å². The zero-order valence-electron chi connectivity index (χ0n) is 9.93. The van der Waals surface area contributed by atoms with Gasteiger partial charge in [0.15, 0.2) is 0 Å². The Bertz CT molecular complexity index is 392. The Morgan fingerprint density at radius 3 is 2.71 bits per heavy atom. The first-order chi connectivity index (χ1) is 8.12. The molecule has 0 saturated carbocycles. The molecule has 0 aliphatic heterocycles.